The number of fused-ring (bicyclic) bond motifs is 1. The summed E-state index contributed by atoms with van der Waals surface area (Å²) < 4.78 is 8.14. The maximum absolute atomic E-state index is 12.6. The van der Waals surface area contributed by atoms with Crippen molar-refractivity contribution in [2.45, 2.75) is 0 Å². The van der Waals surface area contributed by atoms with Crippen LogP contribution in [0.25, 0.3) is 16.7 Å². The molecule has 1 amide bonds. The molecule has 1 aromatic carbocycles. The number of carbonyl (C=O) groups is 1. The summed E-state index contributed by atoms with van der Waals surface area (Å²) in [6.07, 6.45) is 2.66. The molecule has 4 rings (SSSR count). The molecule has 0 aliphatic heterocycles. The summed E-state index contributed by atoms with van der Waals surface area (Å²) in [5.74, 6) is -0.497. The second-order valence-corrected chi connectivity index (χ2v) is 5.88. The van der Waals surface area contributed by atoms with Gasteiger partial charge in [-0.25, -0.2) is 14.3 Å². The summed E-state index contributed by atoms with van der Waals surface area (Å²) in [5, 5.41) is 4.50. The van der Waals surface area contributed by atoms with Crippen LogP contribution < -0.4 is 11.0 Å². The molecule has 0 radical (unpaired) electrons. The van der Waals surface area contributed by atoms with E-state index in [-0.39, 0.29) is 11.1 Å². The van der Waals surface area contributed by atoms with E-state index in [9.17, 15) is 9.59 Å². The van der Waals surface area contributed by atoms with Crippen molar-refractivity contribution in [1.82, 2.24) is 19.4 Å². The number of nitrogens with one attached hydrogen (secondary N) is 1. The number of carbonyl (C=O) groups excluding carboxylic acids is 1. The molecule has 0 atom stereocenters. The lowest BCUT2D eigenvalue weighted by Crippen LogP contribution is -2.33. The Morgan fingerprint density at radius 1 is 1.16 bits per heavy atom. The van der Waals surface area contributed by atoms with Gasteiger partial charge in [0.2, 0.25) is 0 Å². The standard InChI is InChI=1S/C16H10BrN5O3/c17-13-7-6-12(25-13)15(23)20-21-9-18-14-11(16(21)24)8-19-22(14)10-4-2-1-3-5-10/h1-9H,(H,20,23). The van der Waals surface area contributed by atoms with Crippen molar-refractivity contribution < 1.29 is 9.21 Å². The van der Waals surface area contributed by atoms with E-state index in [1.165, 1.54) is 18.6 Å². The molecule has 4 aromatic rings. The maximum atomic E-state index is 12.6. The van der Waals surface area contributed by atoms with E-state index in [0.717, 1.165) is 10.4 Å². The van der Waals surface area contributed by atoms with Crippen molar-refractivity contribution in [2.24, 2.45) is 0 Å². The highest BCUT2D eigenvalue weighted by Gasteiger charge is 2.15. The molecule has 0 aliphatic rings. The fraction of sp³-hybridized carbons (Fsp3) is 0. The predicted molar refractivity (Wildman–Crippen MR) is 93.2 cm³/mol. The largest absolute Gasteiger partial charge is 0.444 e. The Morgan fingerprint density at radius 2 is 1.96 bits per heavy atom. The Balaban J connectivity index is 1.72. The van der Waals surface area contributed by atoms with E-state index in [1.807, 2.05) is 30.3 Å². The number of furan rings is 1. The van der Waals surface area contributed by atoms with Gasteiger partial charge in [-0.15, -0.1) is 0 Å². The topological polar surface area (TPSA) is 95.0 Å². The number of benzene rings is 1. The highest BCUT2D eigenvalue weighted by Crippen LogP contribution is 2.15. The lowest BCUT2D eigenvalue weighted by Gasteiger charge is -2.06. The van der Waals surface area contributed by atoms with Crippen molar-refractivity contribution in [3.8, 4) is 5.69 Å². The van der Waals surface area contributed by atoms with Crippen molar-refractivity contribution in [3.05, 3.63) is 75.8 Å². The van der Waals surface area contributed by atoms with Crippen LogP contribution in [0, 0.1) is 0 Å². The molecule has 9 heteroatoms. The molecular formula is C16H10BrN5O3. The van der Waals surface area contributed by atoms with Gasteiger partial charge in [0.25, 0.3) is 5.56 Å². The van der Waals surface area contributed by atoms with E-state index in [4.69, 9.17) is 4.42 Å². The van der Waals surface area contributed by atoms with Gasteiger partial charge >= 0.3 is 5.91 Å². The summed E-state index contributed by atoms with van der Waals surface area (Å²) in [4.78, 5) is 28.9. The van der Waals surface area contributed by atoms with Crippen LogP contribution in [0.5, 0.6) is 0 Å². The lowest BCUT2D eigenvalue weighted by atomic mass is 10.3. The second-order valence-electron chi connectivity index (χ2n) is 5.09. The van der Waals surface area contributed by atoms with Gasteiger partial charge in [0.05, 0.1) is 11.9 Å². The monoisotopic (exact) mass is 399 g/mol. The van der Waals surface area contributed by atoms with Crippen LogP contribution in [0.4, 0.5) is 0 Å². The molecule has 0 unspecified atom stereocenters. The number of aromatic nitrogens is 4. The molecule has 0 bridgehead atoms. The molecule has 25 heavy (non-hydrogen) atoms. The molecule has 8 nitrogen and oxygen atoms in total. The summed E-state index contributed by atoms with van der Waals surface area (Å²) in [6.45, 7) is 0. The molecule has 0 spiro atoms. The first-order valence-electron chi connectivity index (χ1n) is 7.21. The second kappa shape index (κ2) is 6.02. The molecule has 0 saturated carbocycles. The van der Waals surface area contributed by atoms with Gasteiger partial charge in [-0.3, -0.25) is 15.0 Å². The Bertz CT molecular complexity index is 1130. The highest BCUT2D eigenvalue weighted by molar-refractivity contribution is 9.10. The van der Waals surface area contributed by atoms with Crippen LogP contribution in [-0.4, -0.2) is 25.3 Å². The van der Waals surface area contributed by atoms with Gasteiger partial charge in [-0.05, 0) is 40.2 Å². The first-order chi connectivity index (χ1) is 12.1. The quantitative estimate of drug-likeness (QED) is 0.570. The van der Waals surface area contributed by atoms with E-state index in [2.05, 4.69) is 31.4 Å². The third-order valence-corrected chi connectivity index (χ3v) is 3.93. The number of hydrogen-bond acceptors (Lipinski definition) is 5. The van der Waals surface area contributed by atoms with Crippen LogP contribution in [0.3, 0.4) is 0 Å². The fourth-order valence-electron chi connectivity index (χ4n) is 2.35. The Hall–Kier alpha value is -3.20. The molecule has 124 valence electrons. The molecule has 0 aliphatic carbocycles. The smallest absolute Gasteiger partial charge is 0.305 e. The van der Waals surface area contributed by atoms with Gasteiger partial charge in [0, 0.05) is 0 Å². The number of nitrogens with zero attached hydrogens (tertiary/aromatic N) is 4. The number of hydrogen-bond donors (Lipinski definition) is 1. The summed E-state index contributed by atoms with van der Waals surface area (Å²) in [5.41, 5.74) is 3.18. The predicted octanol–water partition coefficient (Wildman–Crippen LogP) is 2.32. The molecule has 3 aromatic heterocycles. The summed E-state index contributed by atoms with van der Waals surface area (Å²) in [6, 6.07) is 12.4. The van der Waals surface area contributed by atoms with E-state index >= 15 is 0 Å². The van der Waals surface area contributed by atoms with E-state index in [1.54, 1.807) is 10.7 Å². The molecular weight excluding hydrogens is 390 g/mol. The van der Waals surface area contributed by atoms with Crippen molar-refractivity contribution in [1.29, 1.82) is 0 Å². The van der Waals surface area contributed by atoms with E-state index < -0.39 is 11.5 Å². The first-order valence-corrected chi connectivity index (χ1v) is 8.00. The number of halogens is 1. The first kappa shape index (κ1) is 15.3. The molecule has 1 N–H and O–H groups in total. The van der Waals surface area contributed by atoms with Crippen molar-refractivity contribution in [2.75, 3.05) is 5.43 Å². The van der Waals surface area contributed by atoms with Gasteiger partial charge in [0.1, 0.15) is 11.7 Å². The molecule has 0 fully saturated rings. The van der Waals surface area contributed by atoms with Crippen LogP contribution in [0.2, 0.25) is 0 Å². The Labute approximate surface area is 148 Å². The van der Waals surface area contributed by atoms with Crippen LogP contribution in [0.15, 0.2) is 68.9 Å². The third kappa shape index (κ3) is 2.74. The van der Waals surface area contributed by atoms with Crippen molar-refractivity contribution in [3.63, 3.8) is 0 Å². The number of amides is 1. The van der Waals surface area contributed by atoms with Crippen molar-refractivity contribution >= 4 is 32.9 Å². The fourth-order valence-corrected chi connectivity index (χ4v) is 2.66. The third-order valence-electron chi connectivity index (χ3n) is 3.51. The summed E-state index contributed by atoms with van der Waals surface area (Å²) >= 11 is 3.12. The minimum Gasteiger partial charge on any atom is -0.444 e. The van der Waals surface area contributed by atoms with Gasteiger partial charge in [-0.1, -0.05) is 18.2 Å². The SMILES string of the molecule is O=C(Nn1cnc2c(cnn2-c2ccccc2)c1=O)c1ccc(Br)o1. The minimum atomic E-state index is -0.565. The maximum Gasteiger partial charge on any atom is 0.305 e. The summed E-state index contributed by atoms with van der Waals surface area (Å²) in [7, 11) is 0. The van der Waals surface area contributed by atoms with Crippen LogP contribution >= 0.6 is 15.9 Å². The number of para-hydroxylation sites is 1. The zero-order chi connectivity index (χ0) is 17.4. The van der Waals surface area contributed by atoms with Crippen LogP contribution in [0.1, 0.15) is 10.6 Å². The minimum absolute atomic E-state index is 0.0684. The normalized spacial score (nSPS) is 10.9. The zero-order valence-corrected chi connectivity index (χ0v) is 14.2. The van der Waals surface area contributed by atoms with Gasteiger partial charge in [0.15, 0.2) is 16.1 Å². The number of rotatable bonds is 3. The van der Waals surface area contributed by atoms with E-state index in [0.29, 0.717) is 10.3 Å². The molecule has 3 heterocycles. The Morgan fingerprint density at radius 3 is 2.68 bits per heavy atom. The average molecular weight is 400 g/mol. The zero-order valence-electron chi connectivity index (χ0n) is 12.6. The molecule has 0 saturated heterocycles. The highest BCUT2D eigenvalue weighted by atomic mass is 79.9. The average Bonchev–Trinajstić information content (AvgIpc) is 3.25. The van der Waals surface area contributed by atoms with Gasteiger partial charge in [-0.2, -0.15) is 5.10 Å². The Kier molecular flexibility index (Phi) is 3.69. The lowest BCUT2D eigenvalue weighted by molar-refractivity contribution is 0.0979. The van der Waals surface area contributed by atoms with Crippen LogP contribution in [-0.2, 0) is 0 Å². The van der Waals surface area contributed by atoms with Gasteiger partial charge < -0.3 is 4.42 Å².